The number of rotatable bonds is 54. The van der Waals surface area contributed by atoms with Gasteiger partial charge in [0, 0.05) is 6.42 Å². The number of quaternary nitrogens is 1. The highest BCUT2D eigenvalue weighted by Crippen LogP contribution is 2.38. The van der Waals surface area contributed by atoms with Crippen LogP contribution in [0, 0.1) is 0 Å². The van der Waals surface area contributed by atoms with Gasteiger partial charge in [0.2, 0.25) is 5.91 Å². The number of aliphatic hydroxyl groups is 1. The molecule has 1 amide bonds. The zero-order valence-corrected chi connectivity index (χ0v) is 48.1. The average molecular weight is 1020 g/mol. The third kappa shape index (κ3) is 55.5. The van der Waals surface area contributed by atoms with Gasteiger partial charge >= 0.3 is 0 Å². The van der Waals surface area contributed by atoms with Crippen LogP contribution in [0.25, 0.3) is 0 Å². The van der Waals surface area contributed by atoms with Crippen LogP contribution in [0.5, 0.6) is 0 Å². The van der Waals surface area contributed by atoms with E-state index in [1.807, 2.05) is 27.2 Å². The molecule has 0 aliphatic carbocycles. The molecule has 0 bridgehead atoms. The molecule has 71 heavy (non-hydrogen) atoms. The van der Waals surface area contributed by atoms with Gasteiger partial charge in [0.1, 0.15) is 13.2 Å². The van der Waals surface area contributed by atoms with Crippen molar-refractivity contribution >= 4 is 13.7 Å². The normalized spacial score (nSPS) is 14.4. The minimum Gasteiger partial charge on any atom is -0.756 e. The lowest BCUT2D eigenvalue weighted by atomic mass is 10.0. The maximum atomic E-state index is 12.9. The van der Waals surface area contributed by atoms with Crippen LogP contribution < -0.4 is 10.2 Å². The van der Waals surface area contributed by atoms with E-state index in [1.54, 1.807) is 6.08 Å². The van der Waals surface area contributed by atoms with Crippen LogP contribution in [0.15, 0.2) is 72.9 Å². The minimum absolute atomic E-state index is 0.0109. The molecule has 0 aromatic carbocycles. The van der Waals surface area contributed by atoms with E-state index in [0.717, 1.165) is 70.6 Å². The molecule has 9 heteroatoms. The van der Waals surface area contributed by atoms with Gasteiger partial charge in [-0.05, 0) is 64.2 Å². The number of phosphoric ester groups is 1. The molecule has 0 saturated carbocycles. The van der Waals surface area contributed by atoms with E-state index in [2.05, 4.69) is 79.9 Å². The van der Waals surface area contributed by atoms with Gasteiger partial charge < -0.3 is 28.8 Å². The molecular weight excluding hydrogens is 900 g/mol. The van der Waals surface area contributed by atoms with Gasteiger partial charge in [-0.2, -0.15) is 0 Å². The van der Waals surface area contributed by atoms with Crippen molar-refractivity contribution < 1.29 is 32.9 Å². The molecule has 0 rings (SSSR count). The zero-order valence-electron chi connectivity index (χ0n) is 47.2. The molecule has 2 N–H and O–H groups in total. The van der Waals surface area contributed by atoms with Gasteiger partial charge in [-0.1, -0.05) is 267 Å². The monoisotopic (exact) mass is 1010 g/mol. The SMILES string of the molecule is CC/C=C\C/C=C\C/C=C\C/C=C\C/C=C\CCCCCC(=O)NC(COP(=O)([O-])OCC[N+](C)(C)C)C(O)/C=C/CCCCCCCCCCCCCCCCCCCCCCCCCCCCCC. The van der Waals surface area contributed by atoms with Crippen LogP contribution in [0.2, 0.25) is 0 Å². The lowest BCUT2D eigenvalue weighted by molar-refractivity contribution is -0.870. The highest BCUT2D eigenvalue weighted by atomic mass is 31.2. The van der Waals surface area contributed by atoms with Crippen molar-refractivity contribution in [2.24, 2.45) is 0 Å². The molecule has 0 aliphatic heterocycles. The Morgan fingerprint density at radius 3 is 1.25 bits per heavy atom. The second kappa shape index (κ2) is 52.8. The molecule has 3 atom stereocenters. The number of aliphatic hydroxyl groups excluding tert-OH is 1. The van der Waals surface area contributed by atoms with Gasteiger partial charge in [0.15, 0.2) is 0 Å². The smallest absolute Gasteiger partial charge is 0.268 e. The van der Waals surface area contributed by atoms with E-state index in [1.165, 1.54) is 167 Å². The summed E-state index contributed by atoms with van der Waals surface area (Å²) in [6, 6.07) is -0.909. The first kappa shape index (κ1) is 68.9. The van der Waals surface area contributed by atoms with Gasteiger partial charge in [-0.25, -0.2) is 0 Å². The van der Waals surface area contributed by atoms with E-state index >= 15 is 0 Å². The fraction of sp³-hybridized carbons (Fsp3) is 0.790. The topological polar surface area (TPSA) is 108 Å². The molecular formula is C62H115N2O6P. The number of likely N-dealkylation sites (N-methyl/N-ethyl adjacent to an activating group) is 1. The summed E-state index contributed by atoms with van der Waals surface area (Å²) >= 11 is 0. The zero-order chi connectivity index (χ0) is 52.0. The van der Waals surface area contributed by atoms with Gasteiger partial charge in [0.05, 0.1) is 39.9 Å². The van der Waals surface area contributed by atoms with Crippen LogP contribution >= 0.6 is 7.82 Å². The summed E-state index contributed by atoms with van der Waals surface area (Å²) in [4.78, 5) is 25.5. The number of hydrogen-bond acceptors (Lipinski definition) is 6. The third-order valence-corrected chi connectivity index (χ3v) is 14.1. The number of unbranched alkanes of at least 4 members (excludes halogenated alkanes) is 31. The lowest BCUT2D eigenvalue weighted by Gasteiger charge is -2.29. The molecule has 0 spiro atoms. The summed E-state index contributed by atoms with van der Waals surface area (Å²) in [5, 5.41) is 13.9. The molecule has 0 aliphatic rings. The third-order valence-electron chi connectivity index (χ3n) is 13.2. The lowest BCUT2D eigenvalue weighted by Crippen LogP contribution is -2.45. The molecule has 0 fully saturated rings. The number of amides is 1. The Labute approximate surface area is 440 Å². The predicted octanol–water partition coefficient (Wildman–Crippen LogP) is 17.6. The quantitative estimate of drug-likeness (QED) is 0.0272. The number of carbonyl (C=O) groups excluding carboxylic acids is 1. The highest BCUT2D eigenvalue weighted by Gasteiger charge is 2.23. The van der Waals surface area contributed by atoms with Crippen LogP contribution in [0.1, 0.15) is 264 Å². The van der Waals surface area contributed by atoms with Crippen molar-refractivity contribution in [1.29, 1.82) is 0 Å². The summed E-state index contributed by atoms with van der Waals surface area (Å²) in [6.07, 6.45) is 72.8. The van der Waals surface area contributed by atoms with Crippen molar-refractivity contribution in [1.82, 2.24) is 5.32 Å². The first-order chi connectivity index (χ1) is 34.5. The number of phosphoric acid groups is 1. The second-order valence-corrected chi connectivity index (χ2v) is 22.7. The second-order valence-electron chi connectivity index (χ2n) is 21.3. The number of nitrogens with zero attached hydrogens (tertiary/aromatic N) is 1. The van der Waals surface area contributed by atoms with Crippen molar-refractivity contribution in [3.63, 3.8) is 0 Å². The Kier molecular flexibility index (Phi) is 51.3. The van der Waals surface area contributed by atoms with Gasteiger partial charge in [-0.3, -0.25) is 9.36 Å². The Morgan fingerprint density at radius 1 is 0.507 bits per heavy atom. The fourth-order valence-corrected chi connectivity index (χ4v) is 9.26. The molecule has 0 heterocycles. The number of nitrogens with one attached hydrogen (secondary N) is 1. The summed E-state index contributed by atoms with van der Waals surface area (Å²) in [7, 11) is 1.23. The van der Waals surface area contributed by atoms with E-state index in [4.69, 9.17) is 9.05 Å². The first-order valence-corrected chi connectivity index (χ1v) is 31.3. The average Bonchev–Trinajstić information content (AvgIpc) is 3.33. The largest absolute Gasteiger partial charge is 0.756 e. The molecule has 0 saturated heterocycles. The molecule has 414 valence electrons. The van der Waals surface area contributed by atoms with Crippen molar-refractivity contribution in [3.05, 3.63) is 72.9 Å². The predicted molar refractivity (Wildman–Crippen MR) is 307 cm³/mol. The molecule has 8 nitrogen and oxygen atoms in total. The van der Waals surface area contributed by atoms with E-state index in [9.17, 15) is 19.4 Å². The Morgan fingerprint density at radius 2 is 0.859 bits per heavy atom. The van der Waals surface area contributed by atoms with Gasteiger partial charge in [-0.15, -0.1) is 0 Å². The number of hydrogen-bond donors (Lipinski definition) is 2. The Balaban J connectivity index is 4.19. The van der Waals surface area contributed by atoms with Crippen molar-refractivity contribution in [3.8, 4) is 0 Å². The summed E-state index contributed by atoms with van der Waals surface area (Å²) in [6.45, 7) is 4.53. The van der Waals surface area contributed by atoms with E-state index < -0.39 is 26.6 Å². The summed E-state index contributed by atoms with van der Waals surface area (Å²) in [5.74, 6) is -0.228. The Bertz CT molecular complexity index is 1380. The summed E-state index contributed by atoms with van der Waals surface area (Å²) in [5.41, 5.74) is 0. The maximum absolute atomic E-state index is 12.9. The van der Waals surface area contributed by atoms with Crippen molar-refractivity contribution in [2.45, 2.75) is 276 Å². The molecule has 0 aromatic rings. The van der Waals surface area contributed by atoms with Crippen LogP contribution in [-0.4, -0.2) is 68.5 Å². The molecule has 3 unspecified atom stereocenters. The van der Waals surface area contributed by atoms with E-state index in [0.29, 0.717) is 23.9 Å². The van der Waals surface area contributed by atoms with Crippen LogP contribution in [-0.2, 0) is 18.4 Å². The highest BCUT2D eigenvalue weighted by molar-refractivity contribution is 7.45. The van der Waals surface area contributed by atoms with Gasteiger partial charge in [0.25, 0.3) is 7.82 Å². The van der Waals surface area contributed by atoms with Crippen LogP contribution in [0.4, 0.5) is 0 Å². The minimum atomic E-state index is -4.61. The number of allylic oxidation sites excluding steroid dienone is 11. The fourth-order valence-electron chi connectivity index (χ4n) is 8.53. The summed E-state index contributed by atoms with van der Waals surface area (Å²) < 4.78 is 23.3. The Hall–Kier alpha value is -2.06. The molecule has 0 radical (unpaired) electrons. The van der Waals surface area contributed by atoms with Crippen LogP contribution in [0.3, 0.4) is 0 Å². The first-order valence-electron chi connectivity index (χ1n) is 29.8. The number of carbonyl (C=O) groups is 1. The van der Waals surface area contributed by atoms with Crippen molar-refractivity contribution in [2.75, 3.05) is 40.9 Å². The maximum Gasteiger partial charge on any atom is 0.268 e. The molecule has 0 aromatic heterocycles. The van der Waals surface area contributed by atoms with E-state index in [-0.39, 0.29) is 12.5 Å². The standard InChI is InChI=1S/C62H115N2O6P/c1-6-8-10-12-14-16-18-20-22-24-26-27-28-29-30-31-32-33-34-35-36-38-39-41-43-45-47-49-51-53-55-61(65)60(59-70-71(67,68)69-58-57-64(3,4)5)63-62(66)56-54-52-50-48-46-44-42-40-37-25-23-21-19-17-15-13-11-9-7-2/h9,11,15,17,21,23,37,40,44,46,53,55,60-61,65H,6-8,10,12-14,16,18-20,22,24-36,38-39,41-43,45,47-52,54,56-59H2,1-5H3,(H-,63,66,67,68)/b11-9-,17-15-,23-21-,40-37-,46-44-,55-53+.